The number of nitrogens with zero attached hydrogens (tertiary/aromatic N) is 4. The van der Waals surface area contributed by atoms with E-state index in [0.717, 1.165) is 31.6 Å². The van der Waals surface area contributed by atoms with Crippen LogP contribution in [0.2, 0.25) is 0 Å². The number of carbonyl (C=O) groups excluding carboxylic acids is 2. The van der Waals surface area contributed by atoms with Gasteiger partial charge in [0.2, 0.25) is 5.91 Å². The largest absolute Gasteiger partial charge is 0.442 e. The summed E-state index contributed by atoms with van der Waals surface area (Å²) in [6.45, 7) is 7.00. The molecular weight excluding hydrogens is 396 g/mol. The Morgan fingerprint density at radius 3 is 2.57 bits per heavy atom. The second-order valence-corrected chi connectivity index (χ2v) is 7.58. The molecule has 0 unspecified atom stereocenters. The predicted molar refractivity (Wildman–Crippen MR) is 109 cm³/mol. The van der Waals surface area contributed by atoms with Crippen molar-refractivity contribution < 1.29 is 23.1 Å². The summed E-state index contributed by atoms with van der Waals surface area (Å²) in [5.41, 5.74) is 0.00450. The molecule has 0 radical (unpaired) electrons. The summed E-state index contributed by atoms with van der Waals surface area (Å²) in [5.74, 6) is -1.69. The van der Waals surface area contributed by atoms with Gasteiger partial charge in [-0.25, -0.2) is 23.6 Å². The highest BCUT2D eigenvalue weighted by atomic mass is 19.1. The summed E-state index contributed by atoms with van der Waals surface area (Å²) < 4.78 is 35.0. The average Bonchev–Trinajstić information content (AvgIpc) is 3.27. The van der Waals surface area contributed by atoms with Crippen LogP contribution in [0.5, 0.6) is 0 Å². The quantitative estimate of drug-likeness (QED) is 0.685. The maximum absolute atomic E-state index is 14.9. The first-order chi connectivity index (χ1) is 14.3. The molecule has 0 aliphatic carbocycles. The molecule has 3 rings (SSSR count). The van der Waals surface area contributed by atoms with E-state index in [0.29, 0.717) is 19.6 Å². The smallest absolute Gasteiger partial charge is 0.414 e. The molecule has 2 aliphatic heterocycles. The number of amides is 2. The third-order valence-electron chi connectivity index (χ3n) is 5.47. The molecule has 1 aromatic carbocycles. The summed E-state index contributed by atoms with van der Waals surface area (Å²) in [6, 6.07) is 2.32. The fraction of sp³-hybridized carbons (Fsp3) is 0.600. The van der Waals surface area contributed by atoms with Crippen molar-refractivity contribution in [3.8, 4) is 0 Å². The Labute approximate surface area is 175 Å². The van der Waals surface area contributed by atoms with Gasteiger partial charge in [-0.1, -0.05) is 0 Å². The molecule has 0 aromatic heterocycles. The van der Waals surface area contributed by atoms with Crippen LogP contribution in [0.15, 0.2) is 12.1 Å². The molecular formula is C20H29F2N5O3. The van der Waals surface area contributed by atoms with Crippen LogP contribution in [0, 0.1) is 11.6 Å². The van der Waals surface area contributed by atoms with Crippen LogP contribution in [0.3, 0.4) is 0 Å². The van der Waals surface area contributed by atoms with Gasteiger partial charge in [-0.3, -0.25) is 9.69 Å². The highest BCUT2D eigenvalue weighted by Crippen LogP contribution is 2.31. The van der Waals surface area contributed by atoms with Gasteiger partial charge in [-0.15, -0.1) is 0 Å². The van der Waals surface area contributed by atoms with Gasteiger partial charge < -0.3 is 15.0 Å². The fourth-order valence-corrected chi connectivity index (χ4v) is 3.85. The zero-order valence-electron chi connectivity index (χ0n) is 17.7. The molecule has 1 aromatic rings. The second-order valence-electron chi connectivity index (χ2n) is 7.58. The van der Waals surface area contributed by atoms with Crippen molar-refractivity contribution in [2.75, 3.05) is 62.7 Å². The lowest BCUT2D eigenvalue weighted by atomic mass is 10.2. The van der Waals surface area contributed by atoms with Gasteiger partial charge in [0.05, 0.1) is 18.8 Å². The molecule has 2 heterocycles. The molecule has 10 heteroatoms. The number of hydrazine groups is 1. The monoisotopic (exact) mass is 425 g/mol. The molecule has 166 valence electrons. The minimum atomic E-state index is -0.722. The Balaban J connectivity index is 1.71. The van der Waals surface area contributed by atoms with Crippen molar-refractivity contribution in [2.24, 2.45) is 0 Å². The predicted octanol–water partition coefficient (Wildman–Crippen LogP) is 1.80. The summed E-state index contributed by atoms with van der Waals surface area (Å²) >= 11 is 0. The van der Waals surface area contributed by atoms with E-state index in [1.807, 2.05) is 14.0 Å². The number of cyclic esters (lactones) is 1. The van der Waals surface area contributed by atoms with Crippen LogP contribution in [0.1, 0.15) is 20.3 Å². The second kappa shape index (κ2) is 9.57. The van der Waals surface area contributed by atoms with Crippen LogP contribution in [-0.2, 0) is 9.53 Å². The van der Waals surface area contributed by atoms with E-state index in [4.69, 9.17) is 4.74 Å². The molecule has 0 spiro atoms. The van der Waals surface area contributed by atoms with E-state index in [9.17, 15) is 18.4 Å². The van der Waals surface area contributed by atoms with E-state index in [-0.39, 0.29) is 30.4 Å². The average molecular weight is 425 g/mol. The van der Waals surface area contributed by atoms with Crippen LogP contribution in [0.4, 0.5) is 25.0 Å². The highest BCUT2D eigenvalue weighted by Gasteiger charge is 2.33. The van der Waals surface area contributed by atoms with E-state index < -0.39 is 23.8 Å². The summed E-state index contributed by atoms with van der Waals surface area (Å²) in [5, 5.41) is 6.86. The zero-order valence-corrected chi connectivity index (χ0v) is 17.7. The minimum absolute atomic E-state index is 0.0922. The number of anilines is 2. The Bertz CT molecular complexity index is 771. The summed E-state index contributed by atoms with van der Waals surface area (Å²) in [7, 11) is 2.01. The number of ether oxygens (including phenoxy) is 1. The third-order valence-corrected chi connectivity index (χ3v) is 5.47. The first-order valence-corrected chi connectivity index (χ1v) is 10.2. The number of hydrogen-bond donors (Lipinski definition) is 1. The van der Waals surface area contributed by atoms with Crippen LogP contribution in [-0.4, -0.2) is 81.0 Å². The molecule has 2 amide bonds. The van der Waals surface area contributed by atoms with Crippen molar-refractivity contribution in [3.63, 3.8) is 0 Å². The highest BCUT2D eigenvalue weighted by molar-refractivity contribution is 5.90. The normalized spacial score (nSPS) is 20.0. The van der Waals surface area contributed by atoms with E-state index in [2.05, 4.69) is 15.3 Å². The van der Waals surface area contributed by atoms with Gasteiger partial charge in [0.25, 0.3) is 0 Å². The van der Waals surface area contributed by atoms with E-state index in [1.165, 1.54) is 11.8 Å². The van der Waals surface area contributed by atoms with Gasteiger partial charge in [0.1, 0.15) is 11.8 Å². The molecule has 2 fully saturated rings. The lowest BCUT2D eigenvalue weighted by Crippen LogP contribution is -2.40. The molecule has 2 aliphatic rings. The Hall–Kier alpha value is -2.46. The van der Waals surface area contributed by atoms with Crippen molar-refractivity contribution in [1.82, 2.24) is 15.3 Å². The minimum Gasteiger partial charge on any atom is -0.442 e. The Morgan fingerprint density at radius 1 is 1.30 bits per heavy atom. The van der Waals surface area contributed by atoms with Crippen LogP contribution >= 0.6 is 0 Å². The van der Waals surface area contributed by atoms with Gasteiger partial charge in [-0.2, -0.15) is 0 Å². The number of likely N-dealkylation sites (N-methyl/N-ethyl adjacent to an activating group) is 1. The maximum atomic E-state index is 14.9. The SMILES string of the molecule is CCN(CCN1CCCN1C)c1c(F)cc(N2C[C@H](CNC(C)=O)OC2=O)cc1F. The first kappa shape index (κ1) is 22.2. The summed E-state index contributed by atoms with van der Waals surface area (Å²) in [6.07, 6.45) is -0.187. The number of halogens is 2. The van der Waals surface area contributed by atoms with E-state index >= 15 is 0 Å². The van der Waals surface area contributed by atoms with E-state index in [1.54, 1.807) is 4.90 Å². The maximum Gasteiger partial charge on any atom is 0.414 e. The Morgan fingerprint density at radius 2 is 2.00 bits per heavy atom. The molecule has 8 nitrogen and oxygen atoms in total. The third kappa shape index (κ3) is 4.99. The van der Waals surface area contributed by atoms with Crippen molar-refractivity contribution in [1.29, 1.82) is 0 Å². The van der Waals surface area contributed by atoms with Crippen LogP contribution < -0.4 is 15.1 Å². The summed E-state index contributed by atoms with van der Waals surface area (Å²) in [4.78, 5) is 26.0. The molecule has 1 N–H and O–H groups in total. The fourth-order valence-electron chi connectivity index (χ4n) is 3.85. The van der Waals surface area contributed by atoms with Crippen molar-refractivity contribution in [3.05, 3.63) is 23.8 Å². The van der Waals surface area contributed by atoms with Gasteiger partial charge in [0.15, 0.2) is 11.6 Å². The number of hydrogen-bond acceptors (Lipinski definition) is 6. The van der Waals surface area contributed by atoms with Gasteiger partial charge >= 0.3 is 6.09 Å². The van der Waals surface area contributed by atoms with Gasteiger partial charge in [-0.05, 0) is 13.3 Å². The number of rotatable bonds is 8. The Kier molecular flexibility index (Phi) is 7.09. The van der Waals surface area contributed by atoms with Gasteiger partial charge in [0, 0.05) is 58.8 Å². The van der Waals surface area contributed by atoms with Crippen molar-refractivity contribution >= 4 is 23.4 Å². The lowest BCUT2D eigenvalue weighted by molar-refractivity contribution is -0.119. The number of nitrogens with one attached hydrogen (secondary N) is 1. The number of carbonyl (C=O) groups is 2. The first-order valence-electron chi connectivity index (χ1n) is 10.2. The molecule has 0 bridgehead atoms. The standard InChI is InChI=1S/C20H29F2N5O3/c1-4-25(8-9-26-7-5-6-24(26)3)19-17(21)10-15(11-18(19)22)27-13-16(30-20(27)29)12-23-14(2)28/h10-11,16H,4-9,12-13H2,1-3H3,(H,23,28)/t16-/m0/s1. The molecule has 1 atom stereocenters. The molecule has 0 saturated carbocycles. The van der Waals surface area contributed by atoms with Crippen molar-refractivity contribution in [2.45, 2.75) is 26.4 Å². The topological polar surface area (TPSA) is 68.4 Å². The zero-order chi connectivity index (χ0) is 21.8. The molecule has 2 saturated heterocycles. The number of benzene rings is 1. The lowest BCUT2D eigenvalue weighted by Gasteiger charge is -2.30. The molecule has 30 heavy (non-hydrogen) atoms. The van der Waals surface area contributed by atoms with Crippen LogP contribution in [0.25, 0.3) is 0 Å².